The zero-order valence-corrected chi connectivity index (χ0v) is 14.0. The summed E-state index contributed by atoms with van der Waals surface area (Å²) in [6.07, 6.45) is 1.00. The molecule has 3 heteroatoms. The predicted octanol–water partition coefficient (Wildman–Crippen LogP) is 4.38. The SMILES string of the molecule is O=C(O)c1ccccc1-c1ccc(CNCCc2ccccc2)cc1. The molecule has 0 aromatic heterocycles. The van der Waals surface area contributed by atoms with Gasteiger partial charge in [-0.3, -0.25) is 0 Å². The van der Waals surface area contributed by atoms with E-state index in [9.17, 15) is 9.90 Å². The van der Waals surface area contributed by atoms with Crippen LogP contribution in [0.3, 0.4) is 0 Å². The third kappa shape index (κ3) is 4.55. The number of hydrogen-bond acceptors (Lipinski definition) is 2. The number of carboxylic acids is 1. The highest BCUT2D eigenvalue weighted by Gasteiger charge is 2.10. The Bertz CT molecular complexity index is 826. The van der Waals surface area contributed by atoms with Crippen molar-refractivity contribution in [3.8, 4) is 11.1 Å². The van der Waals surface area contributed by atoms with Crippen molar-refractivity contribution in [1.29, 1.82) is 0 Å². The number of benzene rings is 3. The third-order valence-electron chi connectivity index (χ3n) is 4.18. The molecule has 0 spiro atoms. The van der Waals surface area contributed by atoms with E-state index in [1.165, 1.54) is 11.1 Å². The van der Waals surface area contributed by atoms with E-state index in [-0.39, 0.29) is 0 Å². The molecule has 3 aromatic rings. The fraction of sp³-hybridized carbons (Fsp3) is 0.136. The Hall–Kier alpha value is -2.91. The van der Waals surface area contributed by atoms with Gasteiger partial charge in [0.05, 0.1) is 5.56 Å². The summed E-state index contributed by atoms with van der Waals surface area (Å²) in [5.74, 6) is -0.901. The molecule has 0 aliphatic rings. The van der Waals surface area contributed by atoms with E-state index < -0.39 is 5.97 Å². The lowest BCUT2D eigenvalue weighted by molar-refractivity contribution is 0.0697. The molecule has 0 amide bonds. The first kappa shape index (κ1) is 16.9. The molecule has 0 aliphatic heterocycles. The average molecular weight is 331 g/mol. The van der Waals surface area contributed by atoms with Crippen molar-refractivity contribution in [3.63, 3.8) is 0 Å². The van der Waals surface area contributed by atoms with E-state index in [1.807, 2.05) is 42.5 Å². The summed E-state index contributed by atoms with van der Waals surface area (Å²) in [7, 11) is 0. The van der Waals surface area contributed by atoms with Crippen molar-refractivity contribution in [2.75, 3.05) is 6.54 Å². The van der Waals surface area contributed by atoms with Crippen LogP contribution in [-0.4, -0.2) is 17.6 Å². The molecule has 3 nitrogen and oxygen atoms in total. The van der Waals surface area contributed by atoms with Crippen molar-refractivity contribution >= 4 is 5.97 Å². The highest BCUT2D eigenvalue weighted by Crippen LogP contribution is 2.24. The summed E-state index contributed by atoms with van der Waals surface area (Å²) >= 11 is 0. The molecule has 0 saturated carbocycles. The minimum Gasteiger partial charge on any atom is -0.478 e. The maximum atomic E-state index is 11.3. The summed E-state index contributed by atoms with van der Waals surface area (Å²) in [6, 6.07) is 25.6. The van der Waals surface area contributed by atoms with Crippen LogP contribution in [0, 0.1) is 0 Å². The molecule has 0 aliphatic carbocycles. The van der Waals surface area contributed by atoms with Gasteiger partial charge >= 0.3 is 5.97 Å². The minimum absolute atomic E-state index is 0.330. The molecule has 0 unspecified atom stereocenters. The van der Waals surface area contributed by atoms with E-state index in [0.717, 1.165) is 30.6 Å². The van der Waals surface area contributed by atoms with Crippen LogP contribution < -0.4 is 5.32 Å². The van der Waals surface area contributed by atoms with Crippen molar-refractivity contribution in [1.82, 2.24) is 5.32 Å². The van der Waals surface area contributed by atoms with Crippen molar-refractivity contribution < 1.29 is 9.90 Å². The zero-order chi connectivity index (χ0) is 17.5. The van der Waals surface area contributed by atoms with Crippen molar-refractivity contribution in [2.24, 2.45) is 0 Å². The quantitative estimate of drug-likeness (QED) is 0.632. The van der Waals surface area contributed by atoms with Gasteiger partial charge in [0.2, 0.25) is 0 Å². The Kier molecular flexibility index (Phi) is 5.60. The topological polar surface area (TPSA) is 49.3 Å². The molecule has 3 aromatic carbocycles. The van der Waals surface area contributed by atoms with Gasteiger partial charge in [0.25, 0.3) is 0 Å². The van der Waals surface area contributed by atoms with Crippen LogP contribution in [0.15, 0.2) is 78.9 Å². The van der Waals surface area contributed by atoms with Crippen molar-refractivity contribution in [3.05, 3.63) is 95.6 Å². The second-order valence-corrected chi connectivity index (χ2v) is 5.96. The molecule has 2 N–H and O–H groups in total. The van der Waals surface area contributed by atoms with Crippen molar-refractivity contribution in [2.45, 2.75) is 13.0 Å². The molecule has 0 bridgehead atoms. The second-order valence-electron chi connectivity index (χ2n) is 5.96. The number of hydrogen-bond donors (Lipinski definition) is 2. The molecular formula is C22H21NO2. The molecule has 0 saturated heterocycles. The molecule has 0 heterocycles. The minimum atomic E-state index is -0.901. The lowest BCUT2D eigenvalue weighted by Gasteiger charge is -2.08. The van der Waals surface area contributed by atoms with Gasteiger partial charge < -0.3 is 10.4 Å². The molecule has 3 rings (SSSR count). The second kappa shape index (κ2) is 8.27. The molecule has 0 fully saturated rings. The van der Waals surface area contributed by atoms with Gasteiger partial charge in [-0.25, -0.2) is 4.79 Å². The monoisotopic (exact) mass is 331 g/mol. The molecule has 0 atom stereocenters. The number of nitrogens with one attached hydrogen (secondary N) is 1. The number of carbonyl (C=O) groups is 1. The van der Waals surface area contributed by atoms with E-state index in [2.05, 4.69) is 29.6 Å². The fourth-order valence-electron chi connectivity index (χ4n) is 2.83. The maximum Gasteiger partial charge on any atom is 0.336 e. The van der Waals surface area contributed by atoms with Gasteiger partial charge in [0.1, 0.15) is 0 Å². The molecule has 0 radical (unpaired) electrons. The highest BCUT2D eigenvalue weighted by molar-refractivity contribution is 5.95. The summed E-state index contributed by atoms with van der Waals surface area (Å²) < 4.78 is 0. The van der Waals surface area contributed by atoms with Crippen LogP contribution >= 0.6 is 0 Å². The lowest BCUT2D eigenvalue weighted by Crippen LogP contribution is -2.16. The van der Waals surface area contributed by atoms with Gasteiger partial charge in [0.15, 0.2) is 0 Å². The Morgan fingerprint density at radius 2 is 1.48 bits per heavy atom. The lowest BCUT2D eigenvalue weighted by atomic mass is 9.99. The molecular weight excluding hydrogens is 310 g/mol. The van der Waals surface area contributed by atoms with E-state index >= 15 is 0 Å². The van der Waals surface area contributed by atoms with Gasteiger partial charge in [-0.15, -0.1) is 0 Å². The first-order chi connectivity index (χ1) is 12.2. The van der Waals surface area contributed by atoms with Crippen LogP contribution in [0.25, 0.3) is 11.1 Å². The number of carboxylic acid groups (broad SMARTS) is 1. The Morgan fingerprint density at radius 1 is 0.800 bits per heavy atom. The normalized spacial score (nSPS) is 10.6. The van der Waals surface area contributed by atoms with Gasteiger partial charge in [-0.05, 0) is 41.3 Å². The first-order valence-electron chi connectivity index (χ1n) is 8.40. The van der Waals surface area contributed by atoms with E-state index in [0.29, 0.717) is 5.56 Å². The summed E-state index contributed by atoms with van der Waals surface area (Å²) in [5.41, 5.74) is 4.51. The van der Waals surface area contributed by atoms with Crippen LogP contribution in [0.1, 0.15) is 21.5 Å². The fourth-order valence-corrected chi connectivity index (χ4v) is 2.83. The summed E-state index contributed by atoms with van der Waals surface area (Å²) in [5, 5.41) is 12.8. The predicted molar refractivity (Wildman–Crippen MR) is 101 cm³/mol. The third-order valence-corrected chi connectivity index (χ3v) is 4.18. The smallest absolute Gasteiger partial charge is 0.336 e. The largest absolute Gasteiger partial charge is 0.478 e. The highest BCUT2D eigenvalue weighted by atomic mass is 16.4. The Balaban J connectivity index is 1.58. The van der Waals surface area contributed by atoms with Gasteiger partial charge in [-0.1, -0.05) is 72.8 Å². The van der Waals surface area contributed by atoms with Gasteiger partial charge in [-0.2, -0.15) is 0 Å². The van der Waals surface area contributed by atoms with Crippen LogP contribution in [0.2, 0.25) is 0 Å². The molecule has 25 heavy (non-hydrogen) atoms. The Labute approximate surface area is 148 Å². The van der Waals surface area contributed by atoms with E-state index in [4.69, 9.17) is 0 Å². The van der Waals surface area contributed by atoms with Gasteiger partial charge in [0, 0.05) is 6.54 Å². The van der Waals surface area contributed by atoms with Crippen LogP contribution in [0.4, 0.5) is 0 Å². The average Bonchev–Trinajstić information content (AvgIpc) is 2.66. The standard InChI is InChI=1S/C22H21NO2/c24-22(25)21-9-5-4-8-20(21)19-12-10-18(11-13-19)16-23-15-14-17-6-2-1-3-7-17/h1-13,23H,14-16H2,(H,24,25). The zero-order valence-electron chi connectivity index (χ0n) is 14.0. The summed E-state index contributed by atoms with van der Waals surface area (Å²) in [6.45, 7) is 1.72. The van der Waals surface area contributed by atoms with E-state index in [1.54, 1.807) is 12.1 Å². The molecule has 126 valence electrons. The Morgan fingerprint density at radius 3 is 2.20 bits per heavy atom. The number of aromatic carboxylic acids is 1. The first-order valence-corrected chi connectivity index (χ1v) is 8.40. The van der Waals surface area contributed by atoms with Crippen LogP contribution in [-0.2, 0) is 13.0 Å². The summed E-state index contributed by atoms with van der Waals surface area (Å²) in [4.78, 5) is 11.3. The number of rotatable bonds is 7. The van der Waals surface area contributed by atoms with Crippen LogP contribution in [0.5, 0.6) is 0 Å². The maximum absolute atomic E-state index is 11.3.